The van der Waals surface area contributed by atoms with Crippen molar-refractivity contribution in [1.29, 1.82) is 0 Å². The maximum Gasteiger partial charge on any atom is 0.407 e. The van der Waals surface area contributed by atoms with E-state index in [1.54, 1.807) is 24.1 Å². The van der Waals surface area contributed by atoms with Crippen molar-refractivity contribution < 1.29 is 24.2 Å². The number of benzene rings is 2. The molecule has 0 aliphatic heterocycles. The summed E-state index contributed by atoms with van der Waals surface area (Å²) in [5, 5.41) is 14.1. The molecule has 3 N–H and O–H groups in total. The quantitative estimate of drug-likeness (QED) is 0.486. The molecule has 1 unspecified atom stereocenters. The van der Waals surface area contributed by atoms with Gasteiger partial charge in [-0.1, -0.05) is 48.5 Å². The van der Waals surface area contributed by atoms with Crippen LogP contribution in [0.4, 0.5) is 4.79 Å². The molecule has 0 fully saturated rings. The molecule has 0 saturated carbocycles. The SMILES string of the molecule is Cn1cnc(CNC(=O)C(CC(=O)O)NC(=O)OCC2c3ccccc3-c3ccccc32)c1. The lowest BCUT2D eigenvalue weighted by Crippen LogP contribution is -2.48. The zero-order valence-corrected chi connectivity index (χ0v) is 18.0. The molecule has 1 aliphatic carbocycles. The molecule has 1 aliphatic rings. The maximum atomic E-state index is 12.5. The van der Waals surface area contributed by atoms with E-state index in [9.17, 15) is 14.4 Å². The fourth-order valence-electron chi connectivity index (χ4n) is 4.03. The Hall–Kier alpha value is -4.14. The Morgan fingerprint density at radius 2 is 1.73 bits per heavy atom. The number of hydrogen-bond donors (Lipinski definition) is 3. The van der Waals surface area contributed by atoms with E-state index in [0.29, 0.717) is 5.69 Å². The molecule has 9 nitrogen and oxygen atoms in total. The van der Waals surface area contributed by atoms with Gasteiger partial charge in [0.05, 0.1) is 25.0 Å². The van der Waals surface area contributed by atoms with Gasteiger partial charge in [0.15, 0.2) is 0 Å². The zero-order chi connectivity index (χ0) is 23.4. The summed E-state index contributed by atoms with van der Waals surface area (Å²) < 4.78 is 7.16. The van der Waals surface area contributed by atoms with Crippen LogP contribution in [-0.4, -0.2) is 45.3 Å². The summed E-state index contributed by atoms with van der Waals surface area (Å²) in [7, 11) is 1.80. The van der Waals surface area contributed by atoms with E-state index in [4.69, 9.17) is 9.84 Å². The van der Waals surface area contributed by atoms with Crippen molar-refractivity contribution in [2.24, 2.45) is 7.05 Å². The number of rotatable bonds is 8. The summed E-state index contributed by atoms with van der Waals surface area (Å²) in [4.78, 5) is 40.3. The molecule has 0 saturated heterocycles. The van der Waals surface area contributed by atoms with Crippen LogP contribution in [0, 0.1) is 0 Å². The van der Waals surface area contributed by atoms with Gasteiger partial charge in [0.1, 0.15) is 12.6 Å². The van der Waals surface area contributed by atoms with Gasteiger partial charge in [0, 0.05) is 19.2 Å². The number of fused-ring (bicyclic) bond motifs is 3. The van der Waals surface area contributed by atoms with Gasteiger partial charge in [-0.3, -0.25) is 9.59 Å². The highest BCUT2D eigenvalue weighted by Gasteiger charge is 2.30. The third-order valence-electron chi connectivity index (χ3n) is 5.53. The number of carbonyl (C=O) groups is 3. The Bertz CT molecular complexity index is 1140. The number of aliphatic carboxylic acids is 1. The molecule has 4 rings (SSSR count). The van der Waals surface area contributed by atoms with E-state index in [-0.39, 0.29) is 19.1 Å². The van der Waals surface area contributed by atoms with Crippen LogP contribution in [0.1, 0.15) is 29.2 Å². The number of ether oxygens (including phenoxy) is 1. The van der Waals surface area contributed by atoms with E-state index < -0.39 is 30.4 Å². The molecule has 3 aromatic rings. The summed E-state index contributed by atoms with van der Waals surface area (Å²) >= 11 is 0. The van der Waals surface area contributed by atoms with Crippen LogP contribution in [0.15, 0.2) is 61.1 Å². The van der Waals surface area contributed by atoms with Crippen molar-refractivity contribution in [2.45, 2.75) is 24.9 Å². The Balaban J connectivity index is 1.38. The molecule has 1 aromatic heterocycles. The average molecular weight is 448 g/mol. The first-order chi connectivity index (χ1) is 15.9. The minimum absolute atomic E-state index is 0.0647. The van der Waals surface area contributed by atoms with Crippen molar-refractivity contribution in [2.75, 3.05) is 6.61 Å². The highest BCUT2D eigenvalue weighted by molar-refractivity contribution is 5.89. The standard InChI is InChI=1S/C24H24N4O5/c1-28-12-15(26-14-28)11-25-23(31)21(10-22(29)30)27-24(32)33-13-20-18-8-4-2-6-16(18)17-7-3-5-9-19(17)20/h2-9,12,14,20-21H,10-11,13H2,1H3,(H,25,31)(H,27,32)(H,29,30). The minimum Gasteiger partial charge on any atom is -0.481 e. The van der Waals surface area contributed by atoms with Gasteiger partial charge in [-0.25, -0.2) is 9.78 Å². The zero-order valence-electron chi connectivity index (χ0n) is 18.0. The molecular weight excluding hydrogens is 424 g/mol. The number of nitrogens with one attached hydrogen (secondary N) is 2. The second kappa shape index (κ2) is 9.56. The van der Waals surface area contributed by atoms with Crippen LogP contribution in [0.25, 0.3) is 11.1 Å². The summed E-state index contributed by atoms with van der Waals surface area (Å²) in [6.07, 6.45) is 1.89. The summed E-state index contributed by atoms with van der Waals surface area (Å²) in [5.74, 6) is -1.98. The number of aryl methyl sites for hydroxylation is 1. The third kappa shape index (κ3) is 5.03. The lowest BCUT2D eigenvalue weighted by atomic mass is 9.98. The fourth-order valence-corrected chi connectivity index (χ4v) is 4.03. The van der Waals surface area contributed by atoms with Crippen LogP contribution in [-0.2, 0) is 27.9 Å². The number of amides is 2. The largest absolute Gasteiger partial charge is 0.481 e. The lowest BCUT2D eigenvalue weighted by molar-refractivity contribution is -0.139. The van der Waals surface area contributed by atoms with Crippen LogP contribution < -0.4 is 10.6 Å². The number of carbonyl (C=O) groups excluding carboxylic acids is 2. The number of carboxylic acids is 1. The van der Waals surface area contributed by atoms with Gasteiger partial charge >= 0.3 is 12.1 Å². The second-order valence-electron chi connectivity index (χ2n) is 7.87. The van der Waals surface area contributed by atoms with Crippen LogP contribution in [0.3, 0.4) is 0 Å². The lowest BCUT2D eigenvalue weighted by Gasteiger charge is -2.18. The van der Waals surface area contributed by atoms with E-state index in [0.717, 1.165) is 22.3 Å². The molecule has 170 valence electrons. The van der Waals surface area contributed by atoms with E-state index in [1.165, 1.54) is 0 Å². The molecule has 33 heavy (non-hydrogen) atoms. The molecule has 1 atom stereocenters. The molecule has 2 aromatic carbocycles. The van der Waals surface area contributed by atoms with Crippen LogP contribution in [0.5, 0.6) is 0 Å². The van der Waals surface area contributed by atoms with Crippen LogP contribution >= 0.6 is 0 Å². The highest BCUT2D eigenvalue weighted by Crippen LogP contribution is 2.44. The predicted octanol–water partition coefficient (Wildman–Crippen LogP) is 2.42. The summed E-state index contributed by atoms with van der Waals surface area (Å²) in [6.45, 7) is 0.178. The normalized spacial score (nSPS) is 13.0. The Kier molecular flexibility index (Phi) is 6.39. The molecular formula is C24H24N4O5. The van der Waals surface area contributed by atoms with Crippen molar-refractivity contribution in [3.63, 3.8) is 0 Å². The fraction of sp³-hybridized carbons (Fsp3) is 0.250. The maximum absolute atomic E-state index is 12.5. The number of imidazole rings is 1. The van der Waals surface area contributed by atoms with Gasteiger partial charge in [-0.15, -0.1) is 0 Å². The number of nitrogens with zero attached hydrogens (tertiary/aromatic N) is 2. The van der Waals surface area contributed by atoms with Crippen LogP contribution in [0.2, 0.25) is 0 Å². The molecule has 2 amide bonds. The first-order valence-corrected chi connectivity index (χ1v) is 10.5. The van der Waals surface area contributed by atoms with Gasteiger partial charge in [0.2, 0.25) is 5.91 Å². The number of carboxylic acid groups (broad SMARTS) is 1. The molecule has 9 heteroatoms. The monoisotopic (exact) mass is 448 g/mol. The smallest absolute Gasteiger partial charge is 0.407 e. The van der Waals surface area contributed by atoms with Crippen molar-refractivity contribution in [1.82, 2.24) is 20.2 Å². The average Bonchev–Trinajstić information content (AvgIpc) is 3.36. The van der Waals surface area contributed by atoms with Crippen molar-refractivity contribution in [3.8, 4) is 11.1 Å². The summed E-state index contributed by atoms with van der Waals surface area (Å²) in [5.41, 5.74) is 4.92. The van der Waals surface area contributed by atoms with Crippen molar-refractivity contribution in [3.05, 3.63) is 77.9 Å². The number of alkyl carbamates (subject to hydrolysis) is 1. The summed E-state index contributed by atoms with van der Waals surface area (Å²) in [6, 6.07) is 14.6. The van der Waals surface area contributed by atoms with E-state index in [1.807, 2.05) is 48.5 Å². The Morgan fingerprint density at radius 1 is 1.09 bits per heavy atom. The first kappa shape index (κ1) is 22.1. The number of hydrogen-bond acceptors (Lipinski definition) is 5. The van der Waals surface area contributed by atoms with Gasteiger partial charge in [-0.05, 0) is 22.3 Å². The van der Waals surface area contributed by atoms with Gasteiger partial charge in [-0.2, -0.15) is 0 Å². The van der Waals surface area contributed by atoms with E-state index >= 15 is 0 Å². The number of aromatic nitrogens is 2. The third-order valence-corrected chi connectivity index (χ3v) is 5.53. The minimum atomic E-state index is -1.28. The highest BCUT2D eigenvalue weighted by atomic mass is 16.5. The van der Waals surface area contributed by atoms with E-state index in [2.05, 4.69) is 15.6 Å². The Labute approximate surface area is 190 Å². The first-order valence-electron chi connectivity index (χ1n) is 10.5. The molecule has 1 heterocycles. The molecule has 0 spiro atoms. The molecule has 0 radical (unpaired) electrons. The predicted molar refractivity (Wildman–Crippen MR) is 119 cm³/mol. The van der Waals surface area contributed by atoms with Crippen molar-refractivity contribution >= 4 is 18.0 Å². The van der Waals surface area contributed by atoms with Gasteiger partial charge in [0.25, 0.3) is 0 Å². The topological polar surface area (TPSA) is 123 Å². The molecule has 0 bridgehead atoms. The van der Waals surface area contributed by atoms with Gasteiger partial charge < -0.3 is 25.0 Å². The Morgan fingerprint density at radius 3 is 2.30 bits per heavy atom. The second-order valence-corrected chi connectivity index (χ2v) is 7.87.